The van der Waals surface area contributed by atoms with Gasteiger partial charge in [-0.15, -0.1) is 0 Å². The Morgan fingerprint density at radius 2 is 1.83 bits per heavy atom. The molecule has 1 N–H and O–H groups in total. The number of benzene rings is 1. The summed E-state index contributed by atoms with van der Waals surface area (Å²) in [5.41, 5.74) is 3.16. The molecule has 0 saturated carbocycles. The normalized spacial score (nSPS) is 10.9. The van der Waals surface area contributed by atoms with Gasteiger partial charge in [-0.2, -0.15) is 5.10 Å². The summed E-state index contributed by atoms with van der Waals surface area (Å²) in [7, 11) is 0. The highest BCUT2D eigenvalue weighted by atomic mass is 79.9. The maximum Gasteiger partial charge on any atom is 0.323 e. The predicted octanol–water partition coefficient (Wildman–Crippen LogP) is 3.19. The Hall–Kier alpha value is -2.15. The van der Waals surface area contributed by atoms with E-state index in [1.54, 1.807) is 42.8 Å². The topological polar surface area (TPSA) is 75.4 Å². The number of hydrogen-bond acceptors (Lipinski definition) is 3. The Kier molecular flexibility index (Phi) is 5.43. The number of rotatable bonds is 5. The largest absolute Gasteiger partial charge is 0.480 e. The summed E-state index contributed by atoms with van der Waals surface area (Å²) in [4.78, 5) is 24.8. The number of carboxylic acid groups (broad SMARTS) is 1. The van der Waals surface area contributed by atoms with Crippen molar-refractivity contribution in [1.29, 1.82) is 0 Å². The van der Waals surface area contributed by atoms with E-state index in [4.69, 9.17) is 5.11 Å². The molecule has 24 heavy (non-hydrogen) atoms. The molecule has 2 aromatic rings. The third-order valence-electron chi connectivity index (χ3n) is 3.75. The quantitative estimate of drug-likeness (QED) is 0.845. The minimum absolute atomic E-state index is 0.194. The van der Waals surface area contributed by atoms with E-state index in [9.17, 15) is 9.59 Å². The Labute approximate surface area is 149 Å². The molecule has 0 aliphatic heterocycles. The van der Waals surface area contributed by atoms with Crippen LogP contribution in [0.15, 0.2) is 28.7 Å². The minimum atomic E-state index is -1.03. The van der Waals surface area contributed by atoms with Gasteiger partial charge in [0.25, 0.3) is 5.91 Å². The second kappa shape index (κ2) is 7.17. The van der Waals surface area contributed by atoms with Crippen molar-refractivity contribution in [2.24, 2.45) is 0 Å². The summed E-state index contributed by atoms with van der Waals surface area (Å²) >= 11 is 3.49. The summed E-state index contributed by atoms with van der Waals surface area (Å²) < 4.78 is 2.75. The zero-order valence-electron chi connectivity index (χ0n) is 14.1. The van der Waals surface area contributed by atoms with Gasteiger partial charge < -0.3 is 10.0 Å². The molecule has 0 aliphatic rings. The molecule has 0 unspecified atom stereocenters. The van der Waals surface area contributed by atoms with Crippen LogP contribution in [-0.4, -0.2) is 44.3 Å². The van der Waals surface area contributed by atoms with Crippen LogP contribution in [0, 0.1) is 13.8 Å². The highest BCUT2D eigenvalue weighted by Crippen LogP contribution is 2.23. The Morgan fingerprint density at radius 1 is 1.25 bits per heavy atom. The van der Waals surface area contributed by atoms with E-state index in [0.717, 1.165) is 21.5 Å². The van der Waals surface area contributed by atoms with Gasteiger partial charge in [-0.1, -0.05) is 0 Å². The number of hydrogen-bond donors (Lipinski definition) is 1. The molecule has 0 fully saturated rings. The second-order valence-corrected chi connectivity index (χ2v) is 6.66. The lowest BCUT2D eigenvalue weighted by molar-refractivity contribution is -0.138. The average Bonchev–Trinajstić information content (AvgIpc) is 2.79. The Morgan fingerprint density at radius 3 is 2.25 bits per heavy atom. The van der Waals surface area contributed by atoms with Crippen LogP contribution in [0.4, 0.5) is 0 Å². The molecule has 1 aromatic heterocycles. The van der Waals surface area contributed by atoms with Crippen LogP contribution < -0.4 is 0 Å². The first-order chi connectivity index (χ1) is 11.2. The number of aromatic nitrogens is 2. The van der Waals surface area contributed by atoms with Crippen LogP contribution >= 0.6 is 15.9 Å². The molecular weight excluding hydrogens is 374 g/mol. The van der Waals surface area contributed by atoms with E-state index >= 15 is 0 Å². The highest BCUT2D eigenvalue weighted by Gasteiger charge is 2.21. The van der Waals surface area contributed by atoms with E-state index in [1.165, 1.54) is 4.90 Å². The van der Waals surface area contributed by atoms with Gasteiger partial charge in [-0.05, 0) is 67.9 Å². The van der Waals surface area contributed by atoms with E-state index in [1.807, 2.05) is 13.8 Å². The number of nitrogens with zero attached hydrogens (tertiary/aromatic N) is 3. The van der Waals surface area contributed by atoms with Crippen molar-refractivity contribution in [1.82, 2.24) is 14.7 Å². The van der Waals surface area contributed by atoms with Gasteiger partial charge in [0, 0.05) is 11.6 Å². The number of aryl methyl sites for hydroxylation is 1. The molecule has 7 heteroatoms. The van der Waals surface area contributed by atoms with Crippen LogP contribution in [0.2, 0.25) is 0 Å². The molecule has 128 valence electrons. The average molecular weight is 394 g/mol. The number of carboxylic acids is 1. The summed E-state index contributed by atoms with van der Waals surface area (Å²) in [6.45, 7) is 7.14. The molecule has 0 bridgehead atoms. The van der Waals surface area contributed by atoms with Crippen molar-refractivity contribution in [2.75, 3.05) is 6.54 Å². The number of carbonyl (C=O) groups excluding carboxylic acids is 1. The zero-order chi connectivity index (χ0) is 18.0. The van der Waals surface area contributed by atoms with Gasteiger partial charge >= 0.3 is 5.97 Å². The minimum Gasteiger partial charge on any atom is -0.480 e. The van der Waals surface area contributed by atoms with Gasteiger partial charge in [0.1, 0.15) is 6.54 Å². The van der Waals surface area contributed by atoms with Crippen molar-refractivity contribution in [2.45, 2.75) is 33.7 Å². The molecule has 2 rings (SSSR count). The zero-order valence-corrected chi connectivity index (χ0v) is 15.7. The fourth-order valence-electron chi connectivity index (χ4n) is 2.42. The van der Waals surface area contributed by atoms with Gasteiger partial charge in [-0.3, -0.25) is 9.59 Å². The first-order valence-corrected chi connectivity index (χ1v) is 8.36. The lowest BCUT2D eigenvalue weighted by Gasteiger charge is -2.25. The number of aliphatic carboxylic acids is 1. The molecule has 0 atom stereocenters. The van der Waals surface area contributed by atoms with Crippen LogP contribution in [0.5, 0.6) is 0 Å². The van der Waals surface area contributed by atoms with E-state index < -0.39 is 5.97 Å². The number of halogens is 1. The fourth-order valence-corrected chi connectivity index (χ4v) is 2.67. The molecular formula is C17H20BrN3O3. The summed E-state index contributed by atoms with van der Waals surface area (Å²) in [6, 6.07) is 6.80. The van der Waals surface area contributed by atoms with Crippen molar-refractivity contribution >= 4 is 27.8 Å². The smallest absolute Gasteiger partial charge is 0.323 e. The lowest BCUT2D eigenvalue weighted by atomic mass is 10.1. The molecule has 1 aromatic carbocycles. The van der Waals surface area contributed by atoms with Crippen LogP contribution in [0.3, 0.4) is 0 Å². The first kappa shape index (κ1) is 18.2. The van der Waals surface area contributed by atoms with Crippen LogP contribution in [0.25, 0.3) is 5.69 Å². The second-order valence-electron chi connectivity index (χ2n) is 5.86. The molecule has 6 nitrogen and oxygen atoms in total. The molecule has 1 heterocycles. The van der Waals surface area contributed by atoms with Crippen molar-refractivity contribution in [3.05, 3.63) is 45.7 Å². The van der Waals surface area contributed by atoms with Crippen LogP contribution in [-0.2, 0) is 4.79 Å². The van der Waals surface area contributed by atoms with E-state index in [-0.39, 0.29) is 18.5 Å². The molecule has 1 amide bonds. The van der Waals surface area contributed by atoms with Crippen LogP contribution in [0.1, 0.15) is 35.6 Å². The maximum atomic E-state index is 12.5. The van der Waals surface area contributed by atoms with Crippen molar-refractivity contribution < 1.29 is 14.7 Å². The molecule has 0 aliphatic carbocycles. The Balaban J connectivity index is 2.29. The predicted molar refractivity (Wildman–Crippen MR) is 94.5 cm³/mol. The van der Waals surface area contributed by atoms with Gasteiger partial charge in [0.05, 0.1) is 21.5 Å². The molecule has 0 saturated heterocycles. The lowest BCUT2D eigenvalue weighted by Crippen LogP contribution is -2.40. The maximum absolute atomic E-state index is 12.5. The summed E-state index contributed by atoms with van der Waals surface area (Å²) in [5.74, 6) is -1.32. The number of amides is 1. The van der Waals surface area contributed by atoms with Gasteiger partial charge in [0.2, 0.25) is 0 Å². The van der Waals surface area contributed by atoms with Crippen molar-refractivity contribution in [3.63, 3.8) is 0 Å². The molecule has 0 spiro atoms. The monoisotopic (exact) mass is 393 g/mol. The molecule has 0 radical (unpaired) electrons. The Bertz CT molecular complexity index is 766. The third kappa shape index (κ3) is 3.67. The first-order valence-electron chi connectivity index (χ1n) is 7.57. The highest BCUT2D eigenvalue weighted by molar-refractivity contribution is 9.10. The summed E-state index contributed by atoms with van der Waals surface area (Å²) in [6.07, 6.45) is 0. The van der Waals surface area contributed by atoms with Crippen molar-refractivity contribution in [3.8, 4) is 5.69 Å². The summed E-state index contributed by atoms with van der Waals surface area (Å²) in [5, 5.41) is 13.4. The SMILES string of the molecule is Cc1nn(-c2ccc(C(=O)N(CC(=O)O)C(C)C)cc2)c(C)c1Br. The van der Waals surface area contributed by atoms with Gasteiger partial charge in [-0.25, -0.2) is 4.68 Å². The van der Waals surface area contributed by atoms with E-state index in [0.29, 0.717) is 5.56 Å². The standard InChI is InChI=1S/C17H20BrN3O3/c1-10(2)20(9-15(22)23)17(24)13-5-7-14(8-6-13)21-12(4)16(18)11(3)19-21/h5-8,10H,9H2,1-4H3,(H,22,23). The fraction of sp³-hybridized carbons (Fsp3) is 0.353. The van der Waals surface area contributed by atoms with E-state index in [2.05, 4.69) is 21.0 Å². The third-order valence-corrected chi connectivity index (χ3v) is 4.90. The van der Waals surface area contributed by atoms with Gasteiger partial charge in [0.15, 0.2) is 0 Å². The number of carbonyl (C=O) groups is 2.